The molecule has 0 aliphatic rings. The van der Waals surface area contributed by atoms with Crippen molar-refractivity contribution >= 4 is 88.9 Å². The summed E-state index contributed by atoms with van der Waals surface area (Å²) in [5.74, 6) is 0. The molecule has 0 atom stereocenters. The van der Waals surface area contributed by atoms with Gasteiger partial charge in [0.2, 0.25) is 0 Å². The first-order valence-electron chi connectivity index (χ1n) is 2.68. The Labute approximate surface area is 151 Å². The number of sulfonamides is 2. The van der Waals surface area contributed by atoms with Gasteiger partial charge in [-0.25, -0.2) is 27.1 Å². The van der Waals surface area contributed by atoms with Gasteiger partial charge < -0.3 is 0 Å². The maximum absolute atomic E-state index is 10.8. The zero-order valence-corrected chi connectivity index (χ0v) is 8.50. The van der Waals surface area contributed by atoms with Crippen LogP contribution in [0.5, 0.6) is 0 Å². The van der Waals surface area contributed by atoms with Crippen molar-refractivity contribution < 1.29 is 43.2 Å². The van der Waals surface area contributed by atoms with Crippen LogP contribution in [0.15, 0.2) is 0 Å². The molecule has 0 spiro atoms. The molecule has 0 saturated heterocycles. The molecule has 15 heteroatoms. The van der Waals surface area contributed by atoms with E-state index in [1.54, 1.807) is 0 Å². The van der Waals surface area contributed by atoms with Gasteiger partial charge in [-0.05, 0) is 0 Å². The minimum absolute atomic E-state index is 0. The SMILES string of the molecule is NS(=O)(=O)C(F)(F)F.NS(=O)(=O)C(F)(F)F.[CsH]. The van der Waals surface area contributed by atoms with Crippen LogP contribution in [-0.2, 0) is 20.0 Å². The fraction of sp³-hybridized carbons (Fsp3) is 1.00. The van der Waals surface area contributed by atoms with E-state index in [1.807, 2.05) is 0 Å². The third-order valence-electron chi connectivity index (χ3n) is 0.645. The summed E-state index contributed by atoms with van der Waals surface area (Å²) in [4.78, 5) is 0. The monoisotopic (exact) mass is 432 g/mol. The number of rotatable bonds is 0. The summed E-state index contributed by atoms with van der Waals surface area (Å²) in [6.07, 6.45) is 0. The average molecular weight is 432 g/mol. The summed E-state index contributed by atoms with van der Waals surface area (Å²) in [5.41, 5.74) is -10.6. The molecule has 0 bridgehead atoms. The molecule has 0 amide bonds. The van der Waals surface area contributed by atoms with Crippen LogP contribution in [0.3, 0.4) is 0 Å². The van der Waals surface area contributed by atoms with Crippen molar-refractivity contribution in [2.24, 2.45) is 10.3 Å². The van der Waals surface area contributed by atoms with Crippen molar-refractivity contribution in [3.05, 3.63) is 0 Å². The topological polar surface area (TPSA) is 120 Å². The summed E-state index contributed by atoms with van der Waals surface area (Å²) < 4.78 is 102. The molecule has 0 aliphatic carbocycles. The second-order valence-electron chi connectivity index (χ2n) is 1.98. The van der Waals surface area contributed by atoms with Crippen LogP contribution in [0.1, 0.15) is 0 Å². The molecule has 0 radical (unpaired) electrons. The van der Waals surface area contributed by atoms with Gasteiger partial charge in [0.15, 0.2) is 0 Å². The molecule has 0 aromatic heterocycles. The molecule has 0 saturated carbocycles. The average Bonchev–Trinajstić information content (AvgIpc) is 1.77. The predicted octanol–water partition coefficient (Wildman–Crippen LogP) is -1.06. The zero-order chi connectivity index (χ0) is 14.0. The van der Waals surface area contributed by atoms with Crippen molar-refractivity contribution in [2.75, 3.05) is 0 Å². The van der Waals surface area contributed by atoms with E-state index < -0.39 is 31.1 Å². The van der Waals surface area contributed by atoms with Crippen LogP contribution in [0.2, 0.25) is 0 Å². The molecule has 0 fully saturated rings. The van der Waals surface area contributed by atoms with Crippen LogP contribution < -0.4 is 10.3 Å². The van der Waals surface area contributed by atoms with Gasteiger partial charge >= 0.3 is 100.0 Å². The van der Waals surface area contributed by atoms with Gasteiger partial charge in [0.05, 0.1) is 0 Å². The molecular weight excluding hydrogens is 427 g/mol. The van der Waals surface area contributed by atoms with E-state index in [9.17, 15) is 43.2 Å². The van der Waals surface area contributed by atoms with E-state index in [0.717, 1.165) is 0 Å². The van der Waals surface area contributed by atoms with Gasteiger partial charge in [-0.1, -0.05) is 0 Å². The van der Waals surface area contributed by atoms with Gasteiger partial charge in [-0.3, -0.25) is 0 Å². The molecule has 17 heavy (non-hydrogen) atoms. The Balaban J connectivity index is -0.000000218. The van der Waals surface area contributed by atoms with E-state index in [2.05, 4.69) is 10.3 Å². The Kier molecular flexibility index (Phi) is 10.1. The number of primary sulfonamides is 2. The van der Waals surface area contributed by atoms with Gasteiger partial charge in [0.1, 0.15) is 0 Å². The molecule has 0 aromatic carbocycles. The number of alkyl halides is 6. The molecule has 102 valence electrons. The summed E-state index contributed by atoms with van der Waals surface area (Å²) in [6, 6.07) is 0. The quantitative estimate of drug-likeness (QED) is 0.475. The second kappa shape index (κ2) is 7.29. The first kappa shape index (κ1) is 23.5. The first-order valence-corrected chi connectivity index (χ1v) is 5.77. The van der Waals surface area contributed by atoms with Crippen molar-refractivity contribution in [3.8, 4) is 0 Å². The maximum atomic E-state index is 10.8. The van der Waals surface area contributed by atoms with E-state index in [4.69, 9.17) is 0 Å². The van der Waals surface area contributed by atoms with Crippen LogP contribution >= 0.6 is 0 Å². The summed E-state index contributed by atoms with van der Waals surface area (Å²) in [7, 11) is -10.7. The second-order valence-corrected chi connectivity index (χ2v) is 5.09. The molecule has 0 aliphatic heterocycles. The summed E-state index contributed by atoms with van der Waals surface area (Å²) in [6.45, 7) is 0. The van der Waals surface area contributed by atoms with Gasteiger partial charge in [-0.2, -0.15) is 26.3 Å². The zero-order valence-electron chi connectivity index (χ0n) is 6.87. The van der Waals surface area contributed by atoms with E-state index in [1.165, 1.54) is 0 Å². The minimum atomic E-state index is -5.34. The standard InChI is InChI=1S/2CH2F3NO2S.Cs.H/c2*2-1(3,4)8(5,6)7;;/h2*(H2,5,6,7);;. The Morgan fingerprint density at radius 3 is 0.706 bits per heavy atom. The normalized spacial score (nSPS) is 13.2. The van der Waals surface area contributed by atoms with Crippen molar-refractivity contribution in [2.45, 2.75) is 11.0 Å². The third-order valence-corrected chi connectivity index (χ3v) is 1.94. The number of hydrogen-bond donors (Lipinski definition) is 2. The van der Waals surface area contributed by atoms with Crippen molar-refractivity contribution in [1.29, 1.82) is 0 Å². The molecule has 4 N–H and O–H groups in total. The van der Waals surface area contributed by atoms with Gasteiger partial charge in [0, 0.05) is 0 Å². The Morgan fingerprint density at radius 2 is 0.706 bits per heavy atom. The molecule has 0 rings (SSSR count). The number of hydrogen-bond acceptors (Lipinski definition) is 4. The van der Waals surface area contributed by atoms with E-state index in [0.29, 0.717) is 0 Å². The molecule has 0 aromatic rings. The Hall–Kier alpha value is 1.45. The van der Waals surface area contributed by atoms with Crippen LogP contribution in [0, 0.1) is 0 Å². The van der Waals surface area contributed by atoms with Crippen molar-refractivity contribution in [3.63, 3.8) is 0 Å². The number of nitrogens with two attached hydrogens (primary N) is 2. The molecular formula is C2H5CsF6N2O4S2. The van der Waals surface area contributed by atoms with Crippen LogP contribution in [0.25, 0.3) is 0 Å². The number of halogens is 6. The molecule has 6 nitrogen and oxygen atoms in total. The van der Waals surface area contributed by atoms with E-state index >= 15 is 0 Å². The van der Waals surface area contributed by atoms with Gasteiger partial charge in [0.25, 0.3) is 0 Å². The molecule has 0 unspecified atom stereocenters. The van der Waals surface area contributed by atoms with Crippen LogP contribution in [0.4, 0.5) is 26.3 Å². The Bertz CT molecular complexity index is 380. The molecule has 0 heterocycles. The van der Waals surface area contributed by atoms with Gasteiger partial charge in [-0.15, -0.1) is 0 Å². The summed E-state index contributed by atoms with van der Waals surface area (Å²) >= 11 is 0. The summed E-state index contributed by atoms with van der Waals surface area (Å²) in [5, 5.41) is 7.32. The third kappa shape index (κ3) is 11.0. The van der Waals surface area contributed by atoms with E-state index in [-0.39, 0.29) is 68.9 Å². The van der Waals surface area contributed by atoms with Crippen LogP contribution in [-0.4, -0.2) is 96.7 Å². The first-order chi connectivity index (χ1) is 6.50. The fourth-order valence-electron chi connectivity index (χ4n) is 0. The predicted molar refractivity (Wildman–Crippen MR) is 45.5 cm³/mol. The Morgan fingerprint density at radius 1 is 0.647 bits per heavy atom. The van der Waals surface area contributed by atoms with Crippen molar-refractivity contribution in [1.82, 2.24) is 0 Å². The fourth-order valence-corrected chi connectivity index (χ4v) is 0.